The molecule has 2 N–H and O–H groups in total. The molecule has 1 aromatic rings. The van der Waals surface area contributed by atoms with E-state index in [4.69, 9.17) is 0 Å². The van der Waals surface area contributed by atoms with E-state index >= 15 is 0 Å². The third-order valence-corrected chi connectivity index (χ3v) is 5.58. The van der Waals surface area contributed by atoms with Gasteiger partial charge in [0.1, 0.15) is 0 Å². The molecule has 2 heterocycles. The van der Waals surface area contributed by atoms with Gasteiger partial charge in [-0.3, -0.25) is 9.48 Å². The fourth-order valence-electron chi connectivity index (χ4n) is 4.15. The van der Waals surface area contributed by atoms with E-state index in [9.17, 15) is 4.79 Å². The summed E-state index contributed by atoms with van der Waals surface area (Å²) in [5.74, 6) is 0.387. The van der Waals surface area contributed by atoms with Gasteiger partial charge in [0.15, 0.2) is 0 Å². The van der Waals surface area contributed by atoms with Crippen LogP contribution in [-0.4, -0.2) is 35.3 Å². The molecule has 1 saturated heterocycles. The Labute approximate surface area is 132 Å². The lowest BCUT2D eigenvalue weighted by Gasteiger charge is -2.37. The van der Waals surface area contributed by atoms with Gasteiger partial charge in [-0.1, -0.05) is 19.3 Å². The van der Waals surface area contributed by atoms with Gasteiger partial charge in [0.25, 0.3) is 0 Å². The van der Waals surface area contributed by atoms with Gasteiger partial charge < -0.3 is 10.6 Å². The summed E-state index contributed by atoms with van der Waals surface area (Å²) in [5.41, 5.74) is 2.43. The van der Waals surface area contributed by atoms with Gasteiger partial charge in [0.05, 0.1) is 11.6 Å². The minimum Gasteiger partial charge on any atom is -0.355 e. The van der Waals surface area contributed by atoms with Crippen molar-refractivity contribution in [2.24, 2.45) is 18.4 Å². The maximum atomic E-state index is 12.6. The van der Waals surface area contributed by atoms with Crippen LogP contribution in [0.15, 0.2) is 6.07 Å². The molecule has 1 amide bonds. The van der Waals surface area contributed by atoms with E-state index in [1.807, 2.05) is 18.7 Å². The topological polar surface area (TPSA) is 59.0 Å². The zero-order chi connectivity index (χ0) is 15.6. The zero-order valence-corrected chi connectivity index (χ0v) is 13.8. The Morgan fingerprint density at radius 3 is 2.91 bits per heavy atom. The standard InChI is InChI=1S/C17H28N4O/c1-13-10-14(20-21(13)2)6-9-19-16(22)15-11-18-12-17(15)7-4-3-5-8-17/h10,15,18H,3-9,11-12H2,1-2H3,(H,19,22). The van der Waals surface area contributed by atoms with Crippen LogP contribution in [0, 0.1) is 18.3 Å². The van der Waals surface area contributed by atoms with Gasteiger partial charge in [-0.05, 0) is 31.2 Å². The number of nitrogens with one attached hydrogen (secondary N) is 2. The van der Waals surface area contributed by atoms with Crippen molar-refractivity contribution in [3.05, 3.63) is 17.5 Å². The summed E-state index contributed by atoms with van der Waals surface area (Å²) >= 11 is 0. The van der Waals surface area contributed by atoms with Crippen molar-refractivity contribution >= 4 is 5.91 Å². The fraction of sp³-hybridized carbons (Fsp3) is 0.765. The van der Waals surface area contributed by atoms with Gasteiger partial charge in [0, 0.05) is 38.8 Å². The minimum absolute atomic E-state index is 0.151. The second-order valence-corrected chi connectivity index (χ2v) is 7.05. The number of carbonyl (C=O) groups excluding carboxylic acids is 1. The Balaban J connectivity index is 1.53. The summed E-state index contributed by atoms with van der Waals surface area (Å²) in [5, 5.41) is 11.0. The molecule has 5 nitrogen and oxygen atoms in total. The first kappa shape index (κ1) is 15.5. The van der Waals surface area contributed by atoms with Crippen LogP contribution in [0.4, 0.5) is 0 Å². The van der Waals surface area contributed by atoms with Gasteiger partial charge in [-0.25, -0.2) is 0 Å². The Kier molecular flexibility index (Phi) is 4.52. The average Bonchev–Trinajstić information content (AvgIpc) is 3.04. The molecule has 0 aromatic carbocycles. The van der Waals surface area contributed by atoms with Crippen molar-refractivity contribution in [3.63, 3.8) is 0 Å². The van der Waals surface area contributed by atoms with Gasteiger partial charge in [-0.2, -0.15) is 5.10 Å². The lowest BCUT2D eigenvalue weighted by atomic mass is 9.67. The number of amides is 1. The highest BCUT2D eigenvalue weighted by Gasteiger charge is 2.46. The molecule has 0 bridgehead atoms. The number of rotatable bonds is 4. The molecule has 1 unspecified atom stereocenters. The Morgan fingerprint density at radius 1 is 1.45 bits per heavy atom. The molecule has 0 radical (unpaired) electrons. The molecule has 3 rings (SSSR count). The maximum absolute atomic E-state index is 12.6. The highest BCUT2D eigenvalue weighted by molar-refractivity contribution is 5.80. The molecule has 1 saturated carbocycles. The maximum Gasteiger partial charge on any atom is 0.225 e. The molecule has 5 heteroatoms. The third-order valence-electron chi connectivity index (χ3n) is 5.58. The second kappa shape index (κ2) is 6.41. The molecular weight excluding hydrogens is 276 g/mol. The first-order valence-electron chi connectivity index (χ1n) is 8.59. The van der Waals surface area contributed by atoms with Crippen molar-refractivity contribution in [1.29, 1.82) is 0 Å². The van der Waals surface area contributed by atoms with Crippen LogP contribution in [0.2, 0.25) is 0 Å². The number of hydrogen-bond acceptors (Lipinski definition) is 3. The molecule has 1 aliphatic heterocycles. The number of aromatic nitrogens is 2. The van der Waals surface area contributed by atoms with E-state index in [2.05, 4.69) is 21.8 Å². The summed E-state index contributed by atoms with van der Waals surface area (Å²) in [6, 6.07) is 2.09. The van der Waals surface area contributed by atoms with E-state index in [1.165, 1.54) is 32.1 Å². The van der Waals surface area contributed by atoms with E-state index in [-0.39, 0.29) is 17.2 Å². The molecule has 2 aliphatic rings. The summed E-state index contributed by atoms with van der Waals surface area (Å²) in [6.07, 6.45) is 7.10. The van der Waals surface area contributed by atoms with Crippen LogP contribution in [0.1, 0.15) is 43.5 Å². The molecule has 1 atom stereocenters. The Morgan fingerprint density at radius 2 is 2.23 bits per heavy atom. The normalized spacial score (nSPS) is 23.8. The van der Waals surface area contributed by atoms with Crippen molar-refractivity contribution in [1.82, 2.24) is 20.4 Å². The van der Waals surface area contributed by atoms with Crippen LogP contribution in [-0.2, 0) is 18.3 Å². The predicted molar refractivity (Wildman–Crippen MR) is 86.5 cm³/mol. The number of nitrogens with zero attached hydrogens (tertiary/aromatic N) is 2. The van der Waals surface area contributed by atoms with Crippen LogP contribution in [0.25, 0.3) is 0 Å². The highest BCUT2D eigenvalue weighted by Crippen LogP contribution is 2.44. The van der Waals surface area contributed by atoms with Crippen molar-refractivity contribution in [2.45, 2.75) is 45.4 Å². The Hall–Kier alpha value is -1.36. The molecule has 1 aliphatic carbocycles. The van der Waals surface area contributed by atoms with Crippen molar-refractivity contribution in [2.75, 3.05) is 19.6 Å². The first-order valence-corrected chi connectivity index (χ1v) is 8.59. The molecule has 2 fully saturated rings. The SMILES string of the molecule is Cc1cc(CCNC(=O)C2CNCC23CCCCC3)nn1C. The van der Waals surface area contributed by atoms with E-state index in [0.717, 1.165) is 30.9 Å². The molecule has 22 heavy (non-hydrogen) atoms. The minimum atomic E-state index is 0.151. The summed E-state index contributed by atoms with van der Waals surface area (Å²) in [7, 11) is 1.95. The molecule has 1 spiro atoms. The largest absolute Gasteiger partial charge is 0.355 e. The predicted octanol–water partition coefficient (Wildman–Crippen LogP) is 1.56. The van der Waals surface area contributed by atoms with E-state index in [1.54, 1.807) is 0 Å². The Bertz CT molecular complexity index is 511. The van der Waals surface area contributed by atoms with E-state index in [0.29, 0.717) is 6.54 Å². The van der Waals surface area contributed by atoms with Crippen molar-refractivity contribution < 1.29 is 4.79 Å². The van der Waals surface area contributed by atoms with E-state index < -0.39 is 0 Å². The van der Waals surface area contributed by atoms with Crippen LogP contribution >= 0.6 is 0 Å². The zero-order valence-electron chi connectivity index (χ0n) is 13.8. The quantitative estimate of drug-likeness (QED) is 0.887. The van der Waals surface area contributed by atoms with Crippen LogP contribution in [0.5, 0.6) is 0 Å². The fourth-order valence-corrected chi connectivity index (χ4v) is 4.15. The molecular formula is C17H28N4O. The van der Waals surface area contributed by atoms with Gasteiger partial charge in [0.2, 0.25) is 5.91 Å². The summed E-state index contributed by atoms with van der Waals surface area (Å²) in [6.45, 7) is 4.59. The second-order valence-electron chi connectivity index (χ2n) is 7.05. The van der Waals surface area contributed by atoms with Crippen molar-refractivity contribution in [3.8, 4) is 0 Å². The average molecular weight is 304 g/mol. The molecule has 1 aromatic heterocycles. The van der Waals surface area contributed by atoms with Crippen LogP contribution < -0.4 is 10.6 Å². The number of hydrogen-bond donors (Lipinski definition) is 2. The smallest absolute Gasteiger partial charge is 0.225 e. The lowest BCUT2D eigenvalue weighted by Crippen LogP contribution is -2.43. The summed E-state index contributed by atoms with van der Waals surface area (Å²) < 4.78 is 1.88. The van der Waals surface area contributed by atoms with Crippen LogP contribution in [0.3, 0.4) is 0 Å². The number of carbonyl (C=O) groups is 1. The first-order chi connectivity index (χ1) is 10.6. The highest BCUT2D eigenvalue weighted by atomic mass is 16.2. The third kappa shape index (κ3) is 3.05. The lowest BCUT2D eigenvalue weighted by molar-refractivity contribution is -0.128. The monoisotopic (exact) mass is 304 g/mol. The van der Waals surface area contributed by atoms with Gasteiger partial charge in [-0.15, -0.1) is 0 Å². The van der Waals surface area contributed by atoms with Gasteiger partial charge >= 0.3 is 0 Å². The number of aryl methyl sites for hydroxylation is 2. The molecule has 122 valence electrons. The summed E-state index contributed by atoms with van der Waals surface area (Å²) in [4.78, 5) is 12.6.